The average molecular weight is 240 g/mol. The van der Waals surface area contributed by atoms with Gasteiger partial charge < -0.3 is 4.74 Å². The van der Waals surface area contributed by atoms with Gasteiger partial charge in [0.2, 0.25) is 0 Å². The summed E-state index contributed by atoms with van der Waals surface area (Å²) >= 11 is 0. The molecular weight excluding hydrogens is 212 g/mol. The van der Waals surface area contributed by atoms with Crippen molar-refractivity contribution < 1.29 is 4.74 Å². The summed E-state index contributed by atoms with van der Waals surface area (Å²) in [4.78, 5) is 0. The SMILES string of the molecule is CC1(C)CC(C(CC2CCC2)NN)C(C)(C)O1. The lowest BCUT2D eigenvalue weighted by Gasteiger charge is -2.36. The monoisotopic (exact) mass is 240 g/mol. The Labute approximate surface area is 105 Å². The smallest absolute Gasteiger partial charge is 0.0678 e. The Morgan fingerprint density at radius 1 is 1.29 bits per heavy atom. The molecule has 0 aromatic carbocycles. The Balaban J connectivity index is 2.02. The quantitative estimate of drug-likeness (QED) is 0.586. The summed E-state index contributed by atoms with van der Waals surface area (Å²) in [5.74, 6) is 7.19. The van der Waals surface area contributed by atoms with E-state index in [2.05, 4.69) is 33.1 Å². The van der Waals surface area contributed by atoms with Gasteiger partial charge in [-0.15, -0.1) is 0 Å². The molecule has 2 unspecified atom stereocenters. The van der Waals surface area contributed by atoms with Crippen LogP contribution in [0, 0.1) is 11.8 Å². The van der Waals surface area contributed by atoms with Crippen LogP contribution in [-0.4, -0.2) is 17.2 Å². The third-order valence-corrected chi connectivity index (χ3v) is 4.66. The molecule has 1 aliphatic carbocycles. The largest absolute Gasteiger partial charge is 0.369 e. The number of nitrogens with one attached hydrogen (secondary N) is 1. The minimum Gasteiger partial charge on any atom is -0.369 e. The molecule has 1 heterocycles. The normalized spacial score (nSPS) is 33.4. The van der Waals surface area contributed by atoms with E-state index < -0.39 is 0 Å². The highest BCUT2D eigenvalue weighted by molar-refractivity contribution is 4.99. The lowest BCUT2D eigenvalue weighted by molar-refractivity contribution is -0.0786. The number of rotatable bonds is 4. The van der Waals surface area contributed by atoms with Crippen molar-refractivity contribution >= 4 is 0 Å². The average Bonchev–Trinajstić information content (AvgIpc) is 2.33. The Bertz CT molecular complexity index is 271. The van der Waals surface area contributed by atoms with E-state index in [-0.39, 0.29) is 11.2 Å². The van der Waals surface area contributed by atoms with Gasteiger partial charge in [-0.2, -0.15) is 0 Å². The maximum Gasteiger partial charge on any atom is 0.0678 e. The highest BCUT2D eigenvalue weighted by Gasteiger charge is 2.49. The van der Waals surface area contributed by atoms with Gasteiger partial charge in [0.05, 0.1) is 11.2 Å². The molecule has 100 valence electrons. The van der Waals surface area contributed by atoms with Crippen LogP contribution in [0.1, 0.15) is 59.8 Å². The van der Waals surface area contributed by atoms with E-state index in [9.17, 15) is 0 Å². The first kappa shape index (κ1) is 13.3. The van der Waals surface area contributed by atoms with Crippen LogP contribution in [0.15, 0.2) is 0 Å². The van der Waals surface area contributed by atoms with Gasteiger partial charge in [-0.05, 0) is 46.5 Å². The molecule has 0 amide bonds. The highest BCUT2D eigenvalue weighted by atomic mass is 16.5. The Morgan fingerprint density at radius 2 is 1.94 bits per heavy atom. The Hall–Kier alpha value is -0.120. The zero-order chi connectivity index (χ0) is 12.7. The molecule has 0 radical (unpaired) electrons. The van der Waals surface area contributed by atoms with Gasteiger partial charge in [-0.25, -0.2) is 0 Å². The highest BCUT2D eigenvalue weighted by Crippen LogP contribution is 2.45. The van der Waals surface area contributed by atoms with Crippen LogP contribution in [0.5, 0.6) is 0 Å². The van der Waals surface area contributed by atoms with Crippen molar-refractivity contribution in [2.24, 2.45) is 17.7 Å². The van der Waals surface area contributed by atoms with Crippen molar-refractivity contribution in [2.45, 2.75) is 77.0 Å². The Morgan fingerprint density at radius 3 is 2.29 bits per heavy atom. The van der Waals surface area contributed by atoms with Crippen molar-refractivity contribution in [1.82, 2.24) is 5.43 Å². The maximum atomic E-state index is 6.17. The van der Waals surface area contributed by atoms with E-state index in [0.717, 1.165) is 12.3 Å². The second kappa shape index (κ2) is 4.52. The van der Waals surface area contributed by atoms with Crippen molar-refractivity contribution in [1.29, 1.82) is 0 Å². The second-order valence-electron chi connectivity index (χ2n) is 7.08. The minimum atomic E-state index is -0.0652. The topological polar surface area (TPSA) is 47.3 Å². The zero-order valence-corrected chi connectivity index (χ0v) is 11.8. The van der Waals surface area contributed by atoms with Gasteiger partial charge in [0, 0.05) is 12.0 Å². The summed E-state index contributed by atoms with van der Waals surface area (Å²) in [7, 11) is 0. The predicted molar refractivity (Wildman–Crippen MR) is 70.4 cm³/mol. The molecular formula is C14H28N2O. The van der Waals surface area contributed by atoms with Crippen LogP contribution in [0.4, 0.5) is 0 Å². The number of hydrazine groups is 1. The van der Waals surface area contributed by atoms with Crippen molar-refractivity contribution in [3.63, 3.8) is 0 Å². The van der Waals surface area contributed by atoms with Crippen molar-refractivity contribution in [3.8, 4) is 0 Å². The summed E-state index contributed by atoms with van der Waals surface area (Å²) in [5.41, 5.74) is 2.98. The molecule has 2 rings (SSSR count). The summed E-state index contributed by atoms with van der Waals surface area (Å²) in [6.07, 6.45) is 6.48. The van der Waals surface area contributed by atoms with Gasteiger partial charge in [0.15, 0.2) is 0 Å². The summed E-state index contributed by atoms with van der Waals surface area (Å²) in [5, 5.41) is 0. The molecule has 3 nitrogen and oxygen atoms in total. The molecule has 2 atom stereocenters. The van der Waals surface area contributed by atoms with E-state index in [1.54, 1.807) is 0 Å². The number of hydrogen-bond acceptors (Lipinski definition) is 3. The third-order valence-electron chi connectivity index (χ3n) is 4.66. The van der Waals surface area contributed by atoms with E-state index >= 15 is 0 Å². The van der Waals surface area contributed by atoms with E-state index in [1.165, 1.54) is 25.7 Å². The Kier molecular flexibility index (Phi) is 3.54. The molecule has 1 aliphatic heterocycles. The first-order valence-corrected chi connectivity index (χ1v) is 7.00. The first-order valence-electron chi connectivity index (χ1n) is 7.00. The lowest BCUT2D eigenvalue weighted by atomic mass is 9.74. The molecule has 1 saturated heterocycles. The molecule has 17 heavy (non-hydrogen) atoms. The summed E-state index contributed by atoms with van der Waals surface area (Å²) in [6, 6.07) is 0.400. The molecule has 1 saturated carbocycles. The van der Waals surface area contributed by atoms with Gasteiger partial charge in [0.1, 0.15) is 0 Å². The molecule has 2 fully saturated rings. The van der Waals surface area contributed by atoms with Crippen LogP contribution < -0.4 is 11.3 Å². The molecule has 2 aliphatic rings. The van der Waals surface area contributed by atoms with Gasteiger partial charge >= 0.3 is 0 Å². The zero-order valence-electron chi connectivity index (χ0n) is 11.8. The standard InChI is InChI=1S/C14H28N2O/c1-13(2)9-11(14(3,4)17-13)12(16-15)8-10-6-5-7-10/h10-12,16H,5-9,15H2,1-4H3. The fraction of sp³-hybridized carbons (Fsp3) is 1.00. The predicted octanol–water partition coefficient (Wildman–Crippen LogP) is 2.60. The summed E-state index contributed by atoms with van der Waals surface area (Å²) in [6.45, 7) is 8.78. The van der Waals surface area contributed by atoms with Crippen LogP contribution in [-0.2, 0) is 4.74 Å². The minimum absolute atomic E-state index is 0.0110. The van der Waals surface area contributed by atoms with E-state index in [4.69, 9.17) is 10.6 Å². The molecule has 0 spiro atoms. The fourth-order valence-electron chi connectivity index (χ4n) is 3.67. The van der Waals surface area contributed by atoms with Crippen molar-refractivity contribution in [3.05, 3.63) is 0 Å². The van der Waals surface area contributed by atoms with Crippen LogP contribution in [0.2, 0.25) is 0 Å². The van der Waals surface area contributed by atoms with Crippen LogP contribution in [0.25, 0.3) is 0 Å². The molecule has 0 aromatic heterocycles. The van der Waals surface area contributed by atoms with Crippen LogP contribution >= 0.6 is 0 Å². The maximum absolute atomic E-state index is 6.17. The van der Waals surface area contributed by atoms with E-state index in [0.29, 0.717) is 12.0 Å². The number of ether oxygens (including phenoxy) is 1. The van der Waals surface area contributed by atoms with Gasteiger partial charge in [-0.1, -0.05) is 19.3 Å². The summed E-state index contributed by atoms with van der Waals surface area (Å²) < 4.78 is 6.17. The van der Waals surface area contributed by atoms with Gasteiger partial charge in [-0.3, -0.25) is 11.3 Å². The first-order chi connectivity index (χ1) is 7.84. The molecule has 3 N–H and O–H groups in total. The number of nitrogens with two attached hydrogens (primary N) is 1. The second-order valence-corrected chi connectivity index (χ2v) is 7.08. The fourth-order valence-corrected chi connectivity index (χ4v) is 3.67. The molecule has 0 aromatic rings. The van der Waals surface area contributed by atoms with Gasteiger partial charge in [0.25, 0.3) is 0 Å². The number of hydrogen-bond donors (Lipinski definition) is 2. The molecule has 0 bridgehead atoms. The van der Waals surface area contributed by atoms with Crippen molar-refractivity contribution in [2.75, 3.05) is 0 Å². The van der Waals surface area contributed by atoms with Crippen LogP contribution in [0.3, 0.4) is 0 Å². The third kappa shape index (κ3) is 2.83. The molecule has 3 heteroatoms. The lowest BCUT2D eigenvalue weighted by Crippen LogP contribution is -2.48. The van der Waals surface area contributed by atoms with E-state index in [1.807, 2.05) is 0 Å².